The van der Waals surface area contributed by atoms with Crippen LogP contribution in [-0.4, -0.2) is 12.1 Å². The van der Waals surface area contributed by atoms with E-state index in [0.29, 0.717) is 0 Å². The number of piperidine rings is 1. The zero-order chi connectivity index (χ0) is 8.97. The van der Waals surface area contributed by atoms with Gasteiger partial charge in [-0.15, -0.1) is 0 Å². The predicted molar refractivity (Wildman–Crippen MR) is 54.3 cm³/mol. The summed E-state index contributed by atoms with van der Waals surface area (Å²) in [5.41, 5.74) is 0. The molecule has 3 atom stereocenters. The highest BCUT2D eigenvalue weighted by Gasteiger charge is 2.21. The van der Waals surface area contributed by atoms with Gasteiger partial charge in [0.15, 0.2) is 0 Å². The molecule has 0 spiro atoms. The third kappa shape index (κ3) is 3.14. The summed E-state index contributed by atoms with van der Waals surface area (Å²) >= 11 is 0. The van der Waals surface area contributed by atoms with Crippen LogP contribution >= 0.6 is 0 Å². The summed E-state index contributed by atoms with van der Waals surface area (Å²) in [4.78, 5) is 0. The van der Waals surface area contributed by atoms with Crippen molar-refractivity contribution < 1.29 is 0 Å². The molecule has 0 aliphatic carbocycles. The van der Waals surface area contributed by atoms with Crippen molar-refractivity contribution in [2.75, 3.05) is 0 Å². The Balaban J connectivity index is 2.24. The molecule has 0 aromatic heterocycles. The minimum Gasteiger partial charge on any atom is -0.311 e. The molecule has 0 amide bonds. The Morgan fingerprint density at radius 1 is 1.25 bits per heavy atom. The fourth-order valence-corrected chi connectivity index (χ4v) is 2.38. The summed E-state index contributed by atoms with van der Waals surface area (Å²) < 4.78 is 0. The van der Waals surface area contributed by atoms with Gasteiger partial charge in [0, 0.05) is 12.1 Å². The molecule has 0 radical (unpaired) electrons. The van der Waals surface area contributed by atoms with Crippen molar-refractivity contribution in [1.82, 2.24) is 5.32 Å². The van der Waals surface area contributed by atoms with Crippen LogP contribution in [0.15, 0.2) is 0 Å². The van der Waals surface area contributed by atoms with Gasteiger partial charge in [0.05, 0.1) is 0 Å². The molecule has 1 aliphatic rings. The third-order valence-corrected chi connectivity index (χ3v) is 2.87. The van der Waals surface area contributed by atoms with Crippen LogP contribution in [-0.2, 0) is 0 Å². The molecule has 1 N–H and O–H groups in total. The number of rotatable bonds is 3. The van der Waals surface area contributed by atoms with Crippen molar-refractivity contribution in [3.63, 3.8) is 0 Å². The van der Waals surface area contributed by atoms with Crippen LogP contribution in [0.1, 0.15) is 52.9 Å². The minimum atomic E-state index is 0.746. The normalized spacial score (nSPS) is 36.8. The number of hydrogen-bond acceptors (Lipinski definition) is 1. The highest BCUT2D eigenvalue weighted by Crippen LogP contribution is 2.21. The zero-order valence-corrected chi connectivity index (χ0v) is 8.77. The maximum atomic E-state index is 3.68. The van der Waals surface area contributed by atoms with Crippen molar-refractivity contribution in [3.8, 4) is 0 Å². The van der Waals surface area contributed by atoms with Crippen LogP contribution in [0.4, 0.5) is 0 Å². The van der Waals surface area contributed by atoms with Gasteiger partial charge in [-0.1, -0.05) is 26.7 Å². The molecule has 12 heavy (non-hydrogen) atoms. The van der Waals surface area contributed by atoms with E-state index in [1.54, 1.807) is 0 Å². The summed E-state index contributed by atoms with van der Waals surface area (Å²) in [7, 11) is 0. The second-order valence-corrected chi connectivity index (χ2v) is 4.48. The summed E-state index contributed by atoms with van der Waals surface area (Å²) in [5, 5.41) is 3.68. The maximum absolute atomic E-state index is 3.68. The van der Waals surface area contributed by atoms with E-state index in [4.69, 9.17) is 0 Å². The first-order valence-corrected chi connectivity index (χ1v) is 5.48. The molecule has 1 heteroatoms. The quantitative estimate of drug-likeness (QED) is 0.685. The van der Waals surface area contributed by atoms with Crippen molar-refractivity contribution >= 4 is 0 Å². The fourth-order valence-electron chi connectivity index (χ4n) is 2.38. The van der Waals surface area contributed by atoms with Crippen LogP contribution in [0.25, 0.3) is 0 Å². The van der Waals surface area contributed by atoms with Crippen LogP contribution in [0.5, 0.6) is 0 Å². The van der Waals surface area contributed by atoms with Crippen LogP contribution in [0, 0.1) is 5.92 Å². The highest BCUT2D eigenvalue weighted by molar-refractivity contribution is 4.81. The van der Waals surface area contributed by atoms with E-state index in [0.717, 1.165) is 18.0 Å². The van der Waals surface area contributed by atoms with E-state index in [2.05, 4.69) is 26.1 Å². The lowest BCUT2D eigenvalue weighted by atomic mass is 9.88. The van der Waals surface area contributed by atoms with E-state index in [1.807, 2.05) is 0 Å². The lowest BCUT2D eigenvalue weighted by Crippen LogP contribution is -2.43. The molecule has 3 unspecified atom stereocenters. The molecule has 0 aromatic rings. The van der Waals surface area contributed by atoms with Crippen molar-refractivity contribution in [2.24, 2.45) is 5.92 Å². The van der Waals surface area contributed by atoms with Crippen molar-refractivity contribution in [2.45, 2.75) is 65.0 Å². The highest BCUT2D eigenvalue weighted by atomic mass is 15.0. The second kappa shape index (κ2) is 4.86. The Labute approximate surface area is 76.9 Å². The summed E-state index contributed by atoms with van der Waals surface area (Å²) in [6.45, 7) is 6.97. The van der Waals surface area contributed by atoms with Gasteiger partial charge in [-0.3, -0.25) is 0 Å². The largest absolute Gasteiger partial charge is 0.311 e. The molecule has 1 heterocycles. The Morgan fingerprint density at radius 3 is 2.58 bits per heavy atom. The summed E-state index contributed by atoms with van der Waals surface area (Å²) in [5.74, 6) is 0.933. The minimum absolute atomic E-state index is 0.746. The molecule has 1 rings (SSSR count). The average molecular weight is 169 g/mol. The Kier molecular flexibility index (Phi) is 4.07. The maximum Gasteiger partial charge on any atom is 0.00720 e. The van der Waals surface area contributed by atoms with Crippen LogP contribution < -0.4 is 5.32 Å². The molecular weight excluding hydrogens is 146 g/mol. The van der Waals surface area contributed by atoms with Gasteiger partial charge >= 0.3 is 0 Å². The van der Waals surface area contributed by atoms with E-state index >= 15 is 0 Å². The van der Waals surface area contributed by atoms with Gasteiger partial charge in [-0.05, 0) is 32.1 Å². The molecule has 0 aromatic carbocycles. The van der Waals surface area contributed by atoms with E-state index in [-0.39, 0.29) is 0 Å². The average Bonchev–Trinajstić information content (AvgIpc) is 1.99. The van der Waals surface area contributed by atoms with E-state index < -0.39 is 0 Å². The standard InChI is InChI=1S/C11H23N/c1-4-5-6-11-8-9(2)7-10(3)12-11/h9-12H,4-8H2,1-3H3. The zero-order valence-electron chi connectivity index (χ0n) is 8.77. The number of nitrogens with one attached hydrogen (secondary N) is 1. The fraction of sp³-hybridized carbons (Fsp3) is 1.00. The van der Waals surface area contributed by atoms with E-state index in [9.17, 15) is 0 Å². The Morgan fingerprint density at radius 2 is 2.00 bits per heavy atom. The molecule has 0 bridgehead atoms. The molecule has 1 saturated heterocycles. The van der Waals surface area contributed by atoms with Gasteiger partial charge in [0.25, 0.3) is 0 Å². The van der Waals surface area contributed by atoms with Gasteiger partial charge in [0.1, 0.15) is 0 Å². The molecule has 0 saturated carbocycles. The van der Waals surface area contributed by atoms with Gasteiger partial charge in [-0.2, -0.15) is 0 Å². The summed E-state index contributed by atoms with van der Waals surface area (Å²) in [6.07, 6.45) is 6.86. The molecule has 72 valence electrons. The SMILES string of the molecule is CCCCC1CC(C)CC(C)N1. The smallest absolute Gasteiger partial charge is 0.00720 e. The second-order valence-electron chi connectivity index (χ2n) is 4.48. The first-order chi connectivity index (χ1) is 5.72. The molecule has 1 fully saturated rings. The Hall–Kier alpha value is -0.0400. The van der Waals surface area contributed by atoms with Crippen LogP contribution in [0.2, 0.25) is 0 Å². The molecular formula is C11H23N. The van der Waals surface area contributed by atoms with Crippen molar-refractivity contribution in [1.29, 1.82) is 0 Å². The van der Waals surface area contributed by atoms with Gasteiger partial charge in [0.2, 0.25) is 0 Å². The van der Waals surface area contributed by atoms with E-state index in [1.165, 1.54) is 32.1 Å². The molecule has 1 aliphatic heterocycles. The topological polar surface area (TPSA) is 12.0 Å². The first kappa shape index (κ1) is 10.0. The predicted octanol–water partition coefficient (Wildman–Crippen LogP) is 2.95. The lowest BCUT2D eigenvalue weighted by Gasteiger charge is -2.33. The first-order valence-electron chi connectivity index (χ1n) is 5.48. The lowest BCUT2D eigenvalue weighted by molar-refractivity contribution is 0.254. The monoisotopic (exact) mass is 169 g/mol. The number of hydrogen-bond donors (Lipinski definition) is 1. The van der Waals surface area contributed by atoms with Gasteiger partial charge in [-0.25, -0.2) is 0 Å². The van der Waals surface area contributed by atoms with Gasteiger partial charge < -0.3 is 5.32 Å². The van der Waals surface area contributed by atoms with Crippen LogP contribution in [0.3, 0.4) is 0 Å². The van der Waals surface area contributed by atoms with Crippen molar-refractivity contribution in [3.05, 3.63) is 0 Å². The number of unbranched alkanes of at least 4 members (excludes halogenated alkanes) is 1. The summed E-state index contributed by atoms with van der Waals surface area (Å²) in [6, 6.07) is 1.55. The Bertz CT molecular complexity index is 112. The molecule has 1 nitrogen and oxygen atoms in total. The third-order valence-electron chi connectivity index (χ3n) is 2.87.